The lowest BCUT2D eigenvalue weighted by molar-refractivity contribution is -0.120. The Morgan fingerprint density at radius 2 is 1.97 bits per heavy atom. The van der Waals surface area contributed by atoms with Crippen molar-refractivity contribution in [2.24, 2.45) is 0 Å². The number of rotatable bonds is 6. The van der Waals surface area contributed by atoms with Gasteiger partial charge in [-0.3, -0.25) is 14.2 Å². The van der Waals surface area contributed by atoms with E-state index < -0.39 is 5.82 Å². The van der Waals surface area contributed by atoms with Gasteiger partial charge in [-0.15, -0.1) is 0 Å². The second-order valence-corrected chi connectivity index (χ2v) is 8.50. The average molecular weight is 414 g/mol. The third kappa shape index (κ3) is 4.67. The van der Waals surface area contributed by atoms with Gasteiger partial charge >= 0.3 is 0 Å². The number of carbonyl (C=O) groups excluding carboxylic acids is 1. The summed E-state index contributed by atoms with van der Waals surface area (Å²) < 4.78 is 15.5. The molecule has 0 saturated heterocycles. The maximum atomic E-state index is 14.2. The van der Waals surface area contributed by atoms with E-state index in [1.54, 1.807) is 43.3 Å². The third-order valence-electron chi connectivity index (χ3n) is 4.85. The number of nitrogens with zero attached hydrogens (tertiary/aromatic N) is 2. The number of halogens is 1. The van der Waals surface area contributed by atoms with E-state index in [2.05, 4.69) is 10.3 Å². The first-order valence-corrected chi connectivity index (χ1v) is 10.4. The summed E-state index contributed by atoms with van der Waals surface area (Å²) in [5.74, 6) is -0.449. The number of carbonyl (C=O) groups is 1. The van der Waals surface area contributed by atoms with Gasteiger partial charge in [-0.2, -0.15) is 0 Å². The molecule has 0 unspecified atom stereocenters. The lowest BCUT2D eigenvalue weighted by Crippen LogP contribution is -2.43. The number of aromatic nitrogens is 2. The Morgan fingerprint density at radius 1 is 1.24 bits per heavy atom. The van der Waals surface area contributed by atoms with Crippen LogP contribution in [0.2, 0.25) is 0 Å². The molecule has 0 saturated carbocycles. The predicted molar refractivity (Wildman–Crippen MR) is 115 cm³/mol. The monoisotopic (exact) mass is 413 g/mol. The fraction of sp³-hybridized carbons (Fsp3) is 0.318. The zero-order chi connectivity index (χ0) is 21.2. The molecule has 2 aromatic carbocycles. The standard InChI is InChI=1S/C22H24FN3O2S/c1-5-22(3,4)25-19(27)13-29-21-24-18-9-7-6-8-16(18)20(28)26(21)15-11-10-14(2)17(23)12-15/h6-12H,5,13H2,1-4H3,(H,25,27). The summed E-state index contributed by atoms with van der Waals surface area (Å²) in [5, 5.41) is 3.76. The van der Waals surface area contributed by atoms with Crippen molar-refractivity contribution < 1.29 is 9.18 Å². The molecule has 3 rings (SSSR count). The second-order valence-electron chi connectivity index (χ2n) is 7.56. The molecule has 7 heteroatoms. The number of para-hydroxylation sites is 1. The molecule has 0 aliphatic heterocycles. The highest BCUT2D eigenvalue weighted by Gasteiger charge is 2.20. The molecule has 5 nitrogen and oxygen atoms in total. The van der Waals surface area contributed by atoms with E-state index in [1.807, 2.05) is 20.8 Å². The minimum Gasteiger partial charge on any atom is -0.351 e. The zero-order valence-corrected chi connectivity index (χ0v) is 17.8. The summed E-state index contributed by atoms with van der Waals surface area (Å²) >= 11 is 1.16. The topological polar surface area (TPSA) is 64.0 Å². The fourth-order valence-corrected chi connectivity index (χ4v) is 3.60. The van der Waals surface area contributed by atoms with Crippen molar-refractivity contribution in [3.63, 3.8) is 0 Å². The van der Waals surface area contributed by atoms with Crippen LogP contribution in [0.4, 0.5) is 4.39 Å². The Bertz CT molecular complexity index is 1120. The molecule has 1 aromatic heterocycles. The van der Waals surface area contributed by atoms with Crippen LogP contribution in [0.15, 0.2) is 52.4 Å². The summed E-state index contributed by atoms with van der Waals surface area (Å²) in [7, 11) is 0. The molecule has 0 atom stereocenters. The maximum absolute atomic E-state index is 14.2. The Labute approximate surface area is 173 Å². The van der Waals surface area contributed by atoms with E-state index in [9.17, 15) is 14.0 Å². The second kappa shape index (κ2) is 8.37. The average Bonchev–Trinajstić information content (AvgIpc) is 2.68. The van der Waals surface area contributed by atoms with E-state index in [0.717, 1.165) is 18.2 Å². The van der Waals surface area contributed by atoms with Crippen LogP contribution >= 0.6 is 11.8 Å². The number of fused-ring (bicyclic) bond motifs is 1. The molecule has 0 bridgehead atoms. The van der Waals surface area contributed by atoms with Gasteiger partial charge in [0.15, 0.2) is 5.16 Å². The van der Waals surface area contributed by atoms with E-state index in [0.29, 0.717) is 27.3 Å². The summed E-state index contributed by atoms with van der Waals surface area (Å²) in [4.78, 5) is 30.1. The predicted octanol–water partition coefficient (Wildman–Crippen LogP) is 4.23. The number of amides is 1. The lowest BCUT2D eigenvalue weighted by Gasteiger charge is -2.24. The molecule has 0 fully saturated rings. The van der Waals surface area contributed by atoms with Crippen LogP contribution < -0.4 is 10.9 Å². The molecule has 29 heavy (non-hydrogen) atoms. The molecule has 1 N–H and O–H groups in total. The summed E-state index contributed by atoms with van der Waals surface area (Å²) in [6, 6.07) is 11.6. The number of benzene rings is 2. The third-order valence-corrected chi connectivity index (χ3v) is 5.79. The van der Waals surface area contributed by atoms with Gasteiger partial charge in [0, 0.05) is 5.54 Å². The van der Waals surface area contributed by atoms with E-state index in [1.165, 1.54) is 10.6 Å². The largest absolute Gasteiger partial charge is 0.351 e. The van der Waals surface area contributed by atoms with Crippen molar-refractivity contribution in [2.75, 3.05) is 5.75 Å². The van der Waals surface area contributed by atoms with Crippen molar-refractivity contribution in [3.8, 4) is 5.69 Å². The van der Waals surface area contributed by atoms with Crippen molar-refractivity contribution in [2.45, 2.75) is 44.8 Å². The number of hydrogen-bond acceptors (Lipinski definition) is 4. The van der Waals surface area contributed by atoms with Crippen LogP contribution in [0.1, 0.15) is 32.8 Å². The first-order chi connectivity index (χ1) is 13.7. The van der Waals surface area contributed by atoms with Crippen LogP contribution in [-0.2, 0) is 4.79 Å². The van der Waals surface area contributed by atoms with E-state index in [-0.39, 0.29) is 22.8 Å². The smallest absolute Gasteiger partial charge is 0.266 e. The van der Waals surface area contributed by atoms with Crippen LogP contribution in [0.3, 0.4) is 0 Å². The number of nitrogens with one attached hydrogen (secondary N) is 1. The highest BCUT2D eigenvalue weighted by atomic mass is 32.2. The molecule has 0 radical (unpaired) electrons. The summed E-state index contributed by atoms with van der Waals surface area (Å²) in [6.07, 6.45) is 0.797. The maximum Gasteiger partial charge on any atom is 0.266 e. The summed E-state index contributed by atoms with van der Waals surface area (Å²) in [6.45, 7) is 7.57. The van der Waals surface area contributed by atoms with E-state index >= 15 is 0 Å². The Kier molecular flexibility index (Phi) is 6.07. The fourth-order valence-electron chi connectivity index (χ4n) is 2.79. The van der Waals surface area contributed by atoms with Crippen molar-refractivity contribution in [3.05, 3.63) is 64.2 Å². The van der Waals surface area contributed by atoms with Crippen LogP contribution in [0.5, 0.6) is 0 Å². The molecular weight excluding hydrogens is 389 g/mol. The van der Waals surface area contributed by atoms with Crippen LogP contribution in [-0.4, -0.2) is 26.8 Å². The Hall–Kier alpha value is -2.67. The normalized spacial score (nSPS) is 11.6. The minimum absolute atomic E-state index is 0.0998. The highest BCUT2D eigenvalue weighted by Crippen LogP contribution is 2.23. The van der Waals surface area contributed by atoms with Gasteiger partial charge in [-0.1, -0.05) is 36.9 Å². The van der Waals surface area contributed by atoms with Crippen molar-refractivity contribution in [1.82, 2.24) is 14.9 Å². The first kappa shape index (κ1) is 21.0. The Morgan fingerprint density at radius 3 is 2.66 bits per heavy atom. The minimum atomic E-state index is -0.402. The lowest BCUT2D eigenvalue weighted by atomic mass is 10.0. The molecule has 0 spiro atoms. The quantitative estimate of drug-likeness (QED) is 0.485. The molecule has 1 heterocycles. The van der Waals surface area contributed by atoms with Gasteiger partial charge in [0.2, 0.25) is 5.91 Å². The Balaban J connectivity index is 2.04. The van der Waals surface area contributed by atoms with Gasteiger partial charge in [0.1, 0.15) is 5.82 Å². The van der Waals surface area contributed by atoms with Gasteiger partial charge in [0.25, 0.3) is 5.56 Å². The summed E-state index contributed by atoms with van der Waals surface area (Å²) in [5.41, 5.74) is 0.807. The number of hydrogen-bond donors (Lipinski definition) is 1. The molecule has 0 aliphatic rings. The molecular formula is C22H24FN3O2S. The van der Waals surface area contributed by atoms with Gasteiger partial charge in [-0.25, -0.2) is 9.37 Å². The van der Waals surface area contributed by atoms with Crippen LogP contribution in [0, 0.1) is 12.7 Å². The number of aryl methyl sites for hydroxylation is 1. The van der Waals surface area contributed by atoms with Gasteiger partial charge < -0.3 is 5.32 Å². The van der Waals surface area contributed by atoms with Crippen molar-refractivity contribution in [1.29, 1.82) is 0 Å². The molecule has 152 valence electrons. The first-order valence-electron chi connectivity index (χ1n) is 9.44. The number of thioether (sulfide) groups is 1. The SMILES string of the molecule is CCC(C)(C)NC(=O)CSc1nc2ccccc2c(=O)n1-c1ccc(C)c(F)c1. The molecule has 0 aliphatic carbocycles. The highest BCUT2D eigenvalue weighted by molar-refractivity contribution is 7.99. The zero-order valence-electron chi connectivity index (χ0n) is 17.0. The van der Waals surface area contributed by atoms with E-state index in [4.69, 9.17) is 0 Å². The van der Waals surface area contributed by atoms with Crippen molar-refractivity contribution >= 4 is 28.6 Å². The van der Waals surface area contributed by atoms with Crippen LogP contribution in [0.25, 0.3) is 16.6 Å². The van der Waals surface area contributed by atoms with Gasteiger partial charge in [0.05, 0.1) is 22.3 Å². The molecule has 3 aromatic rings. The van der Waals surface area contributed by atoms with Gasteiger partial charge in [-0.05, 0) is 57.0 Å². The molecule has 1 amide bonds.